The molecule has 32 heavy (non-hydrogen) atoms. The molecule has 3 heteroatoms. The maximum atomic E-state index is 12.8. The van der Waals surface area contributed by atoms with Gasteiger partial charge in [0.25, 0.3) is 0 Å². The Kier molecular flexibility index (Phi) is 6.90. The summed E-state index contributed by atoms with van der Waals surface area (Å²) in [6.07, 6.45) is 15.2. The van der Waals surface area contributed by atoms with E-state index >= 15 is 0 Å². The normalized spacial score (nSPS) is 41.2. The minimum atomic E-state index is -0.111. The van der Waals surface area contributed by atoms with E-state index in [1.54, 1.807) is 5.57 Å². The first-order chi connectivity index (χ1) is 15.1. The lowest BCUT2D eigenvalue weighted by Crippen LogP contribution is -2.50. The Morgan fingerprint density at radius 2 is 1.78 bits per heavy atom. The second-order valence-corrected chi connectivity index (χ2v) is 12.9. The highest BCUT2D eigenvalue weighted by Crippen LogP contribution is 2.66. The highest BCUT2D eigenvalue weighted by atomic mass is 16.3. The molecule has 4 rings (SSSR count). The van der Waals surface area contributed by atoms with Crippen molar-refractivity contribution in [3.05, 3.63) is 11.6 Å². The SMILES string of the molecule is CC(C)N(C(=O)CCC[C@H]1CC[C@H]2[C@@H]3CC=C4C[C@@H](O)CC[C@]4(C)[C@H]3CC[C@]12C)C(C)C. The molecule has 0 spiro atoms. The number of fused-ring (bicyclic) bond motifs is 5. The van der Waals surface area contributed by atoms with Crippen molar-refractivity contribution in [2.45, 2.75) is 130 Å². The van der Waals surface area contributed by atoms with Gasteiger partial charge in [0.15, 0.2) is 0 Å². The van der Waals surface area contributed by atoms with Crippen molar-refractivity contribution in [2.24, 2.45) is 34.5 Å². The number of aliphatic hydroxyl groups excluding tert-OH is 1. The molecule has 0 unspecified atom stereocenters. The highest BCUT2D eigenvalue weighted by molar-refractivity contribution is 5.76. The fourth-order valence-corrected chi connectivity index (χ4v) is 9.03. The molecule has 7 atom stereocenters. The van der Waals surface area contributed by atoms with Gasteiger partial charge in [-0.3, -0.25) is 4.79 Å². The molecule has 1 N–H and O–H groups in total. The number of carbonyl (C=O) groups excluding carboxylic acids is 1. The van der Waals surface area contributed by atoms with Crippen LogP contribution < -0.4 is 0 Å². The van der Waals surface area contributed by atoms with Crippen molar-refractivity contribution in [1.82, 2.24) is 4.90 Å². The van der Waals surface area contributed by atoms with Gasteiger partial charge in [-0.25, -0.2) is 0 Å². The molecule has 4 aliphatic rings. The molecule has 182 valence electrons. The first kappa shape index (κ1) is 24.3. The number of aliphatic hydroxyl groups is 1. The van der Waals surface area contributed by atoms with E-state index in [9.17, 15) is 9.90 Å². The zero-order valence-corrected chi connectivity index (χ0v) is 21.7. The van der Waals surface area contributed by atoms with Gasteiger partial charge in [0.05, 0.1) is 6.10 Å². The van der Waals surface area contributed by atoms with Crippen LogP contribution in [0.15, 0.2) is 11.6 Å². The summed E-state index contributed by atoms with van der Waals surface area (Å²) in [5.74, 6) is 3.64. The second-order valence-electron chi connectivity index (χ2n) is 12.9. The number of rotatable bonds is 6. The van der Waals surface area contributed by atoms with Gasteiger partial charge in [0.2, 0.25) is 5.91 Å². The Morgan fingerprint density at radius 1 is 1.06 bits per heavy atom. The lowest BCUT2D eigenvalue weighted by atomic mass is 9.47. The molecule has 0 aliphatic heterocycles. The molecule has 4 aliphatic carbocycles. The fourth-order valence-electron chi connectivity index (χ4n) is 9.03. The van der Waals surface area contributed by atoms with Crippen LogP contribution in [0.5, 0.6) is 0 Å². The summed E-state index contributed by atoms with van der Waals surface area (Å²) >= 11 is 0. The quantitative estimate of drug-likeness (QED) is 0.462. The molecule has 0 saturated heterocycles. The third-order valence-electron chi connectivity index (χ3n) is 10.6. The molecule has 0 bridgehead atoms. The van der Waals surface area contributed by atoms with Crippen LogP contribution in [0.1, 0.15) is 112 Å². The van der Waals surface area contributed by atoms with Gasteiger partial charge in [0, 0.05) is 18.5 Å². The lowest BCUT2D eigenvalue weighted by molar-refractivity contribution is -0.135. The largest absolute Gasteiger partial charge is 0.393 e. The number of carbonyl (C=O) groups is 1. The van der Waals surface area contributed by atoms with E-state index in [4.69, 9.17) is 0 Å². The van der Waals surface area contributed by atoms with E-state index in [-0.39, 0.29) is 18.2 Å². The Hall–Kier alpha value is -0.830. The minimum Gasteiger partial charge on any atom is -0.393 e. The third kappa shape index (κ3) is 4.10. The maximum absolute atomic E-state index is 12.8. The first-order valence-corrected chi connectivity index (χ1v) is 13.8. The molecule has 3 saturated carbocycles. The zero-order valence-electron chi connectivity index (χ0n) is 21.7. The molecular formula is C29H49NO2. The van der Waals surface area contributed by atoms with E-state index in [2.05, 4.69) is 52.5 Å². The van der Waals surface area contributed by atoms with E-state index < -0.39 is 0 Å². The van der Waals surface area contributed by atoms with Gasteiger partial charge >= 0.3 is 0 Å². The third-order valence-corrected chi connectivity index (χ3v) is 10.6. The Bertz CT molecular complexity index is 719. The summed E-state index contributed by atoms with van der Waals surface area (Å²) in [5.41, 5.74) is 2.38. The van der Waals surface area contributed by atoms with Crippen LogP contribution in [0, 0.1) is 34.5 Å². The molecule has 0 aromatic heterocycles. The number of allylic oxidation sites excluding steroid dienone is 1. The molecule has 0 heterocycles. The molecule has 0 radical (unpaired) electrons. The van der Waals surface area contributed by atoms with Crippen LogP contribution in [0.25, 0.3) is 0 Å². The van der Waals surface area contributed by atoms with Crippen LogP contribution in [0.2, 0.25) is 0 Å². The number of hydrogen-bond acceptors (Lipinski definition) is 2. The van der Waals surface area contributed by atoms with Crippen molar-refractivity contribution < 1.29 is 9.90 Å². The van der Waals surface area contributed by atoms with Crippen molar-refractivity contribution in [2.75, 3.05) is 0 Å². The Balaban J connectivity index is 1.40. The van der Waals surface area contributed by atoms with Gasteiger partial charge in [0.1, 0.15) is 0 Å². The van der Waals surface area contributed by atoms with Crippen LogP contribution in [0.3, 0.4) is 0 Å². The summed E-state index contributed by atoms with van der Waals surface area (Å²) < 4.78 is 0. The van der Waals surface area contributed by atoms with Gasteiger partial charge < -0.3 is 10.0 Å². The average molecular weight is 444 g/mol. The topological polar surface area (TPSA) is 40.5 Å². The number of hydrogen-bond donors (Lipinski definition) is 1. The first-order valence-electron chi connectivity index (χ1n) is 13.8. The van der Waals surface area contributed by atoms with Crippen LogP contribution in [-0.4, -0.2) is 34.1 Å². The van der Waals surface area contributed by atoms with E-state index in [0.29, 0.717) is 23.2 Å². The van der Waals surface area contributed by atoms with Gasteiger partial charge in [-0.05, 0) is 126 Å². The highest BCUT2D eigenvalue weighted by Gasteiger charge is 2.58. The zero-order chi connectivity index (χ0) is 23.3. The standard InChI is InChI=1S/C29H49NO2/c1-19(2)30(20(3)4)27(32)9-7-8-21-11-13-25-24-12-10-22-18-23(31)14-16-29(22,6)26(24)15-17-28(21,25)5/h10,19-21,23-26,31H,7-9,11-18H2,1-6H3/t21-,23-,24-,25-,26-,28+,29-/m0/s1. The molecular weight excluding hydrogens is 394 g/mol. The van der Waals surface area contributed by atoms with Crippen molar-refractivity contribution in [3.8, 4) is 0 Å². The van der Waals surface area contributed by atoms with Gasteiger partial charge in [-0.2, -0.15) is 0 Å². The Labute approximate surface area is 197 Å². The summed E-state index contributed by atoms with van der Waals surface area (Å²) in [6, 6.07) is 0.579. The number of nitrogens with zero attached hydrogens (tertiary/aromatic N) is 1. The van der Waals surface area contributed by atoms with Crippen molar-refractivity contribution in [1.29, 1.82) is 0 Å². The predicted octanol–water partition coefficient (Wildman–Crippen LogP) is 6.74. The Morgan fingerprint density at radius 3 is 2.47 bits per heavy atom. The molecule has 1 amide bonds. The molecule has 3 fully saturated rings. The summed E-state index contributed by atoms with van der Waals surface area (Å²) in [6.45, 7) is 13.7. The van der Waals surface area contributed by atoms with E-state index in [1.165, 1.54) is 44.9 Å². The average Bonchev–Trinajstić information content (AvgIpc) is 3.04. The van der Waals surface area contributed by atoms with Crippen molar-refractivity contribution in [3.63, 3.8) is 0 Å². The molecule has 0 aromatic carbocycles. The monoisotopic (exact) mass is 443 g/mol. The lowest BCUT2D eigenvalue weighted by Gasteiger charge is -2.58. The second kappa shape index (κ2) is 9.08. The smallest absolute Gasteiger partial charge is 0.223 e. The minimum absolute atomic E-state index is 0.111. The van der Waals surface area contributed by atoms with Crippen LogP contribution in [0.4, 0.5) is 0 Å². The van der Waals surface area contributed by atoms with Crippen LogP contribution in [-0.2, 0) is 4.79 Å². The summed E-state index contributed by atoms with van der Waals surface area (Å²) in [4.78, 5) is 14.9. The van der Waals surface area contributed by atoms with Gasteiger partial charge in [-0.15, -0.1) is 0 Å². The predicted molar refractivity (Wildman–Crippen MR) is 132 cm³/mol. The van der Waals surface area contributed by atoms with Gasteiger partial charge in [-0.1, -0.05) is 25.5 Å². The number of amides is 1. The molecule has 0 aromatic rings. The van der Waals surface area contributed by atoms with Crippen LogP contribution >= 0.6 is 0 Å². The molecule has 3 nitrogen and oxygen atoms in total. The fraction of sp³-hybridized carbons (Fsp3) is 0.897. The summed E-state index contributed by atoms with van der Waals surface area (Å²) in [5, 5.41) is 10.2. The van der Waals surface area contributed by atoms with E-state index in [0.717, 1.165) is 42.9 Å². The maximum Gasteiger partial charge on any atom is 0.223 e. The van der Waals surface area contributed by atoms with Crippen molar-refractivity contribution >= 4 is 5.91 Å². The summed E-state index contributed by atoms with van der Waals surface area (Å²) in [7, 11) is 0. The van der Waals surface area contributed by atoms with E-state index in [1.807, 2.05) is 0 Å².